The third-order valence-corrected chi connectivity index (χ3v) is 2.04. The maximum absolute atomic E-state index is 5.63. The minimum Gasteiger partial charge on any atom is -0.469 e. The standard InChI is InChI=1S/C11H13N3O/c12-9-3-5-13-11(8-9)14-6-4-10-2-1-7-15-10/h1-3,5,7-8H,4,6H2,(H3,12,13,14). The lowest BCUT2D eigenvalue weighted by molar-refractivity contribution is 0.513. The predicted molar refractivity (Wildman–Crippen MR) is 59.6 cm³/mol. The number of nitrogens with zero attached hydrogens (tertiary/aromatic N) is 1. The van der Waals surface area contributed by atoms with E-state index in [0.29, 0.717) is 5.69 Å². The average Bonchev–Trinajstić information content (AvgIpc) is 2.71. The van der Waals surface area contributed by atoms with E-state index in [1.165, 1.54) is 0 Å². The molecule has 15 heavy (non-hydrogen) atoms. The molecule has 0 aliphatic rings. The molecular weight excluding hydrogens is 190 g/mol. The van der Waals surface area contributed by atoms with Crippen LogP contribution in [0.3, 0.4) is 0 Å². The Balaban J connectivity index is 1.83. The first kappa shape index (κ1) is 9.58. The van der Waals surface area contributed by atoms with Gasteiger partial charge in [0.1, 0.15) is 11.6 Å². The highest BCUT2D eigenvalue weighted by Crippen LogP contribution is 2.08. The van der Waals surface area contributed by atoms with Crippen molar-refractivity contribution in [3.63, 3.8) is 0 Å². The van der Waals surface area contributed by atoms with Gasteiger partial charge in [0.05, 0.1) is 6.26 Å². The van der Waals surface area contributed by atoms with Gasteiger partial charge in [-0.15, -0.1) is 0 Å². The van der Waals surface area contributed by atoms with E-state index >= 15 is 0 Å². The second-order valence-electron chi connectivity index (χ2n) is 3.23. The molecule has 4 nitrogen and oxygen atoms in total. The molecule has 4 heteroatoms. The number of aromatic nitrogens is 1. The van der Waals surface area contributed by atoms with E-state index < -0.39 is 0 Å². The van der Waals surface area contributed by atoms with Crippen molar-refractivity contribution in [3.8, 4) is 0 Å². The normalized spacial score (nSPS) is 10.1. The van der Waals surface area contributed by atoms with Gasteiger partial charge in [-0.2, -0.15) is 0 Å². The first-order valence-corrected chi connectivity index (χ1v) is 4.82. The van der Waals surface area contributed by atoms with Gasteiger partial charge in [-0.05, 0) is 18.2 Å². The molecule has 0 saturated carbocycles. The van der Waals surface area contributed by atoms with Crippen molar-refractivity contribution in [2.24, 2.45) is 0 Å². The minimum absolute atomic E-state index is 0.713. The monoisotopic (exact) mass is 203 g/mol. The van der Waals surface area contributed by atoms with Crippen LogP contribution in [-0.2, 0) is 6.42 Å². The number of hydrogen-bond acceptors (Lipinski definition) is 4. The van der Waals surface area contributed by atoms with Crippen LogP contribution in [0.15, 0.2) is 41.1 Å². The molecule has 2 aromatic rings. The summed E-state index contributed by atoms with van der Waals surface area (Å²) in [6.07, 6.45) is 4.20. The van der Waals surface area contributed by atoms with Crippen molar-refractivity contribution in [2.75, 3.05) is 17.6 Å². The summed E-state index contributed by atoms with van der Waals surface area (Å²) in [5.74, 6) is 1.76. The molecule has 0 radical (unpaired) electrons. The van der Waals surface area contributed by atoms with Crippen LogP contribution in [0.2, 0.25) is 0 Å². The molecule has 0 bridgehead atoms. The molecule has 2 heterocycles. The van der Waals surface area contributed by atoms with Crippen LogP contribution in [0.5, 0.6) is 0 Å². The van der Waals surface area contributed by atoms with Crippen LogP contribution in [0.25, 0.3) is 0 Å². The number of pyridine rings is 1. The van der Waals surface area contributed by atoms with Gasteiger partial charge in [0.15, 0.2) is 0 Å². The number of hydrogen-bond donors (Lipinski definition) is 2. The van der Waals surface area contributed by atoms with Crippen molar-refractivity contribution in [1.82, 2.24) is 4.98 Å². The smallest absolute Gasteiger partial charge is 0.127 e. The summed E-state index contributed by atoms with van der Waals surface area (Å²) in [5, 5.41) is 3.17. The maximum atomic E-state index is 5.63. The van der Waals surface area contributed by atoms with Crippen LogP contribution in [0, 0.1) is 0 Å². The highest BCUT2D eigenvalue weighted by Gasteiger charge is 1.96. The molecule has 0 aliphatic heterocycles. The Morgan fingerprint density at radius 3 is 3.07 bits per heavy atom. The number of anilines is 2. The first-order valence-electron chi connectivity index (χ1n) is 4.82. The van der Waals surface area contributed by atoms with E-state index in [4.69, 9.17) is 10.2 Å². The van der Waals surface area contributed by atoms with Crippen molar-refractivity contribution in [3.05, 3.63) is 42.5 Å². The summed E-state index contributed by atoms with van der Waals surface area (Å²) in [6.45, 7) is 0.782. The molecule has 0 atom stereocenters. The third kappa shape index (κ3) is 2.74. The summed E-state index contributed by atoms with van der Waals surface area (Å²) in [7, 11) is 0. The Kier molecular flexibility index (Phi) is 2.88. The number of furan rings is 1. The zero-order valence-electron chi connectivity index (χ0n) is 8.31. The van der Waals surface area contributed by atoms with Crippen LogP contribution >= 0.6 is 0 Å². The highest BCUT2D eigenvalue weighted by atomic mass is 16.3. The molecule has 0 fully saturated rings. The molecular formula is C11H13N3O. The zero-order chi connectivity index (χ0) is 10.5. The predicted octanol–water partition coefficient (Wildman–Crippen LogP) is 1.91. The second kappa shape index (κ2) is 4.50. The maximum Gasteiger partial charge on any atom is 0.127 e. The molecule has 0 spiro atoms. The quantitative estimate of drug-likeness (QED) is 0.796. The number of rotatable bonds is 4. The van der Waals surface area contributed by atoms with Gasteiger partial charge in [-0.25, -0.2) is 4.98 Å². The van der Waals surface area contributed by atoms with Crippen LogP contribution in [-0.4, -0.2) is 11.5 Å². The Bertz CT molecular complexity index is 412. The summed E-state index contributed by atoms with van der Waals surface area (Å²) < 4.78 is 5.21. The molecule has 2 aromatic heterocycles. The number of nitrogens with one attached hydrogen (secondary N) is 1. The molecule has 3 N–H and O–H groups in total. The Hall–Kier alpha value is -1.97. The van der Waals surface area contributed by atoms with Gasteiger partial charge >= 0.3 is 0 Å². The van der Waals surface area contributed by atoms with E-state index in [2.05, 4.69) is 10.3 Å². The average molecular weight is 203 g/mol. The summed E-state index contributed by atoms with van der Waals surface area (Å²) >= 11 is 0. The summed E-state index contributed by atoms with van der Waals surface area (Å²) in [6, 6.07) is 7.41. The molecule has 0 unspecified atom stereocenters. The molecule has 0 saturated heterocycles. The van der Waals surface area contributed by atoms with Gasteiger partial charge in [0, 0.05) is 30.9 Å². The van der Waals surface area contributed by atoms with Crippen molar-refractivity contribution >= 4 is 11.5 Å². The van der Waals surface area contributed by atoms with Gasteiger partial charge < -0.3 is 15.5 Å². The fourth-order valence-electron chi connectivity index (χ4n) is 1.31. The fourth-order valence-corrected chi connectivity index (χ4v) is 1.31. The van der Waals surface area contributed by atoms with Crippen molar-refractivity contribution in [2.45, 2.75) is 6.42 Å². The number of nitrogens with two attached hydrogens (primary N) is 1. The van der Waals surface area contributed by atoms with E-state index in [1.807, 2.05) is 18.2 Å². The van der Waals surface area contributed by atoms with E-state index in [1.54, 1.807) is 18.5 Å². The lowest BCUT2D eigenvalue weighted by Crippen LogP contribution is -2.05. The molecule has 78 valence electrons. The van der Waals surface area contributed by atoms with E-state index in [-0.39, 0.29) is 0 Å². The largest absolute Gasteiger partial charge is 0.469 e. The van der Waals surface area contributed by atoms with Crippen LogP contribution in [0.4, 0.5) is 11.5 Å². The Labute approximate surface area is 88.1 Å². The number of nitrogen functional groups attached to an aromatic ring is 1. The topological polar surface area (TPSA) is 64.1 Å². The minimum atomic E-state index is 0.713. The van der Waals surface area contributed by atoms with Gasteiger partial charge in [-0.3, -0.25) is 0 Å². The third-order valence-electron chi connectivity index (χ3n) is 2.04. The summed E-state index contributed by atoms with van der Waals surface area (Å²) in [4.78, 5) is 4.14. The molecule has 0 amide bonds. The highest BCUT2D eigenvalue weighted by molar-refractivity contribution is 5.48. The molecule has 0 aromatic carbocycles. The van der Waals surface area contributed by atoms with Crippen LogP contribution in [0.1, 0.15) is 5.76 Å². The first-order chi connectivity index (χ1) is 7.34. The van der Waals surface area contributed by atoms with Gasteiger partial charge in [-0.1, -0.05) is 0 Å². The lowest BCUT2D eigenvalue weighted by Gasteiger charge is -2.04. The Morgan fingerprint density at radius 1 is 1.40 bits per heavy atom. The van der Waals surface area contributed by atoms with Crippen LogP contribution < -0.4 is 11.1 Å². The van der Waals surface area contributed by atoms with Gasteiger partial charge in [0.25, 0.3) is 0 Å². The van der Waals surface area contributed by atoms with Crippen molar-refractivity contribution < 1.29 is 4.42 Å². The SMILES string of the molecule is Nc1ccnc(NCCc2ccco2)c1. The van der Waals surface area contributed by atoms with Gasteiger partial charge in [0.2, 0.25) is 0 Å². The molecule has 2 rings (SSSR count). The lowest BCUT2D eigenvalue weighted by atomic mass is 10.3. The van der Waals surface area contributed by atoms with E-state index in [9.17, 15) is 0 Å². The van der Waals surface area contributed by atoms with Crippen molar-refractivity contribution in [1.29, 1.82) is 0 Å². The fraction of sp³-hybridized carbons (Fsp3) is 0.182. The molecule has 0 aliphatic carbocycles. The zero-order valence-corrected chi connectivity index (χ0v) is 8.31. The van der Waals surface area contributed by atoms with E-state index in [0.717, 1.165) is 24.5 Å². The Morgan fingerprint density at radius 2 is 2.33 bits per heavy atom. The summed E-state index contributed by atoms with van der Waals surface area (Å²) in [5.41, 5.74) is 6.34. The second-order valence-corrected chi connectivity index (χ2v) is 3.23.